The van der Waals surface area contributed by atoms with Gasteiger partial charge in [0.15, 0.2) is 0 Å². The molecule has 0 bridgehead atoms. The van der Waals surface area contributed by atoms with E-state index in [9.17, 15) is 0 Å². The molecular weight excluding hydrogens is 210 g/mol. The quantitative estimate of drug-likeness (QED) is 0.855. The Morgan fingerprint density at radius 1 is 1.35 bits per heavy atom. The molecule has 0 aliphatic rings. The number of hydrogen-bond acceptors (Lipinski definition) is 2. The monoisotopic (exact) mass is 227 g/mol. The van der Waals surface area contributed by atoms with Crippen molar-refractivity contribution >= 4 is 11.0 Å². The van der Waals surface area contributed by atoms with Crippen LogP contribution in [0.2, 0.25) is 0 Å². The smallest absolute Gasteiger partial charge is 0.112 e. The van der Waals surface area contributed by atoms with Gasteiger partial charge >= 0.3 is 0 Å². The van der Waals surface area contributed by atoms with Crippen LogP contribution in [0, 0.1) is 11.3 Å². The molecule has 1 heterocycles. The van der Waals surface area contributed by atoms with Crippen LogP contribution in [0.1, 0.15) is 38.6 Å². The number of aryl methyl sites for hydroxylation is 1. The second kappa shape index (κ2) is 4.21. The van der Waals surface area contributed by atoms with Crippen molar-refractivity contribution in [1.29, 1.82) is 5.26 Å². The van der Waals surface area contributed by atoms with Gasteiger partial charge < -0.3 is 4.98 Å². The second-order valence-corrected chi connectivity index (χ2v) is 5.35. The van der Waals surface area contributed by atoms with E-state index >= 15 is 0 Å². The number of aromatic nitrogens is 2. The molecule has 0 aliphatic carbocycles. The Balaban J connectivity index is 2.38. The fraction of sp³-hybridized carbons (Fsp3) is 0.429. The highest BCUT2D eigenvalue weighted by Crippen LogP contribution is 2.23. The van der Waals surface area contributed by atoms with Crippen LogP contribution in [0.15, 0.2) is 18.2 Å². The Kier molecular flexibility index (Phi) is 2.89. The van der Waals surface area contributed by atoms with Crippen LogP contribution in [0.3, 0.4) is 0 Å². The van der Waals surface area contributed by atoms with E-state index in [1.807, 2.05) is 12.1 Å². The molecule has 88 valence electrons. The average Bonchev–Trinajstić information content (AvgIpc) is 2.68. The molecule has 0 saturated heterocycles. The van der Waals surface area contributed by atoms with Gasteiger partial charge in [0, 0.05) is 11.8 Å². The summed E-state index contributed by atoms with van der Waals surface area (Å²) in [5.41, 5.74) is 3.27. The van der Waals surface area contributed by atoms with Crippen LogP contribution >= 0.6 is 0 Å². The normalized spacial score (nSPS) is 11.6. The lowest BCUT2D eigenvalue weighted by molar-refractivity contribution is 0.554. The number of hydrogen-bond donors (Lipinski definition) is 1. The van der Waals surface area contributed by atoms with Gasteiger partial charge in [-0.25, -0.2) is 4.98 Å². The van der Waals surface area contributed by atoms with E-state index in [-0.39, 0.29) is 5.41 Å². The Morgan fingerprint density at radius 2 is 2.12 bits per heavy atom. The second-order valence-electron chi connectivity index (χ2n) is 5.35. The lowest BCUT2D eigenvalue weighted by Gasteiger charge is -2.13. The van der Waals surface area contributed by atoms with Gasteiger partial charge in [-0.3, -0.25) is 0 Å². The molecule has 3 heteroatoms. The van der Waals surface area contributed by atoms with Crippen molar-refractivity contribution in [2.75, 3.05) is 0 Å². The minimum absolute atomic E-state index is 0.0336. The number of rotatable bonds is 2. The predicted molar refractivity (Wildman–Crippen MR) is 68.7 cm³/mol. The Morgan fingerprint density at radius 3 is 2.76 bits per heavy atom. The highest BCUT2D eigenvalue weighted by Gasteiger charge is 2.18. The molecule has 0 atom stereocenters. The predicted octanol–water partition coefficient (Wildman–Crippen LogP) is 3.32. The first-order chi connectivity index (χ1) is 8.00. The lowest BCUT2D eigenvalue weighted by Crippen LogP contribution is -2.12. The van der Waals surface area contributed by atoms with E-state index < -0.39 is 0 Å². The maximum absolute atomic E-state index is 8.58. The van der Waals surface area contributed by atoms with Crippen LogP contribution < -0.4 is 0 Å². The molecule has 3 nitrogen and oxygen atoms in total. The molecule has 0 spiro atoms. The van der Waals surface area contributed by atoms with Crippen LogP contribution in [0.4, 0.5) is 0 Å². The standard InChI is InChI=1S/C14H17N3/c1-14(2,3)13-16-11-7-6-10(5-4-8-15)9-12(11)17-13/h6-7,9H,4-5H2,1-3H3,(H,16,17). The summed E-state index contributed by atoms with van der Waals surface area (Å²) in [7, 11) is 0. The molecule has 2 aromatic rings. The summed E-state index contributed by atoms with van der Waals surface area (Å²) in [5, 5.41) is 8.58. The third kappa shape index (κ3) is 2.47. The fourth-order valence-electron chi connectivity index (χ4n) is 1.77. The lowest BCUT2D eigenvalue weighted by atomic mass is 9.96. The van der Waals surface area contributed by atoms with E-state index in [0.717, 1.165) is 23.3 Å². The zero-order chi connectivity index (χ0) is 12.5. The van der Waals surface area contributed by atoms with Gasteiger partial charge in [0.1, 0.15) is 5.82 Å². The summed E-state index contributed by atoms with van der Waals surface area (Å²) >= 11 is 0. The third-order valence-electron chi connectivity index (χ3n) is 2.78. The van der Waals surface area contributed by atoms with Crippen molar-refractivity contribution < 1.29 is 0 Å². The summed E-state index contributed by atoms with van der Waals surface area (Å²) in [6.45, 7) is 6.42. The summed E-state index contributed by atoms with van der Waals surface area (Å²) in [6.07, 6.45) is 1.36. The molecule has 0 unspecified atom stereocenters. The highest BCUT2D eigenvalue weighted by atomic mass is 14.9. The summed E-state index contributed by atoms with van der Waals surface area (Å²) in [6, 6.07) is 8.33. The van der Waals surface area contributed by atoms with Crippen LogP contribution in [0.5, 0.6) is 0 Å². The molecule has 2 rings (SSSR count). The van der Waals surface area contributed by atoms with Crippen LogP contribution in [-0.2, 0) is 11.8 Å². The number of H-pyrrole nitrogens is 1. The van der Waals surface area contributed by atoms with Gasteiger partial charge in [0.25, 0.3) is 0 Å². The number of nitriles is 1. The Bertz CT molecular complexity index is 567. The molecule has 0 radical (unpaired) electrons. The molecular formula is C14H17N3. The maximum Gasteiger partial charge on any atom is 0.112 e. The van der Waals surface area contributed by atoms with Gasteiger partial charge in [0.2, 0.25) is 0 Å². The van der Waals surface area contributed by atoms with Crippen molar-refractivity contribution in [3.8, 4) is 6.07 Å². The minimum atomic E-state index is 0.0336. The minimum Gasteiger partial charge on any atom is -0.342 e. The van der Waals surface area contributed by atoms with E-state index in [1.165, 1.54) is 5.56 Å². The van der Waals surface area contributed by atoms with E-state index in [2.05, 4.69) is 42.9 Å². The van der Waals surface area contributed by atoms with Crippen molar-refractivity contribution in [2.45, 2.75) is 39.0 Å². The van der Waals surface area contributed by atoms with Gasteiger partial charge in [0.05, 0.1) is 17.1 Å². The van der Waals surface area contributed by atoms with Crippen molar-refractivity contribution in [2.24, 2.45) is 0 Å². The molecule has 0 saturated carbocycles. The molecule has 0 aliphatic heterocycles. The summed E-state index contributed by atoms with van der Waals surface area (Å²) in [4.78, 5) is 7.94. The maximum atomic E-state index is 8.58. The van der Waals surface area contributed by atoms with E-state index in [0.29, 0.717) is 6.42 Å². The number of nitrogens with one attached hydrogen (secondary N) is 1. The van der Waals surface area contributed by atoms with Crippen LogP contribution in [-0.4, -0.2) is 9.97 Å². The first-order valence-corrected chi connectivity index (χ1v) is 5.87. The molecule has 17 heavy (non-hydrogen) atoms. The number of nitrogens with zero attached hydrogens (tertiary/aromatic N) is 2. The third-order valence-corrected chi connectivity index (χ3v) is 2.78. The van der Waals surface area contributed by atoms with E-state index in [1.54, 1.807) is 0 Å². The van der Waals surface area contributed by atoms with Crippen molar-refractivity contribution in [3.63, 3.8) is 0 Å². The highest BCUT2D eigenvalue weighted by molar-refractivity contribution is 5.76. The fourth-order valence-corrected chi connectivity index (χ4v) is 1.77. The van der Waals surface area contributed by atoms with Gasteiger partial charge in [-0.15, -0.1) is 0 Å². The number of imidazole rings is 1. The topological polar surface area (TPSA) is 52.5 Å². The molecule has 0 fully saturated rings. The molecule has 1 aromatic heterocycles. The largest absolute Gasteiger partial charge is 0.342 e. The van der Waals surface area contributed by atoms with E-state index in [4.69, 9.17) is 5.26 Å². The van der Waals surface area contributed by atoms with Gasteiger partial charge in [-0.05, 0) is 24.1 Å². The summed E-state index contributed by atoms with van der Waals surface area (Å²) in [5.74, 6) is 1.00. The average molecular weight is 227 g/mol. The van der Waals surface area contributed by atoms with Gasteiger partial charge in [-0.2, -0.15) is 5.26 Å². The molecule has 1 aromatic carbocycles. The number of fused-ring (bicyclic) bond motifs is 1. The first kappa shape index (κ1) is 11.7. The SMILES string of the molecule is CC(C)(C)c1nc2ccc(CCC#N)cc2[nH]1. The summed E-state index contributed by atoms with van der Waals surface area (Å²) < 4.78 is 0. The number of aromatic amines is 1. The molecule has 1 N–H and O–H groups in total. The van der Waals surface area contributed by atoms with Crippen LogP contribution in [0.25, 0.3) is 11.0 Å². The Hall–Kier alpha value is -1.82. The zero-order valence-electron chi connectivity index (χ0n) is 10.5. The zero-order valence-corrected chi connectivity index (χ0v) is 10.5. The molecule has 0 amide bonds. The van der Waals surface area contributed by atoms with Crippen molar-refractivity contribution in [1.82, 2.24) is 9.97 Å². The van der Waals surface area contributed by atoms with Gasteiger partial charge in [-0.1, -0.05) is 26.8 Å². The van der Waals surface area contributed by atoms with Crippen molar-refractivity contribution in [3.05, 3.63) is 29.6 Å². The Labute approximate surface area is 101 Å². The number of benzene rings is 1. The first-order valence-electron chi connectivity index (χ1n) is 5.87.